The molecular weight excluding hydrogens is 692 g/mol. The standard InChI is InChI=1S/C25H12BrF10N3O3S/c1-2-42-23(41)10-7-37-39(22(10)25(34,35)36)14-5-3-4-12(38-14)21-15(11(26)8-43-21)13(40)6-9-17(27)19(29)16(24(31,32)33)20(30)18(9)28/h3-5,7-8H,2,6H2,1H3. The van der Waals surface area contributed by atoms with Crippen LogP contribution in [0.25, 0.3) is 16.4 Å². The summed E-state index contributed by atoms with van der Waals surface area (Å²) in [6.07, 6.45) is -11.7. The lowest BCUT2D eigenvalue weighted by atomic mass is 9.99. The quantitative estimate of drug-likeness (QED) is 0.0846. The van der Waals surface area contributed by atoms with Gasteiger partial charge in [0.2, 0.25) is 0 Å². The normalized spacial score (nSPS) is 12.1. The zero-order valence-corrected chi connectivity index (χ0v) is 23.3. The smallest absolute Gasteiger partial charge is 0.434 e. The maximum atomic E-state index is 14.5. The largest absolute Gasteiger partial charge is 0.462 e. The molecule has 0 saturated carbocycles. The van der Waals surface area contributed by atoms with E-state index < -0.39 is 87.6 Å². The number of ketones is 1. The topological polar surface area (TPSA) is 74.1 Å². The first kappa shape index (κ1) is 32.1. The van der Waals surface area contributed by atoms with Crippen LogP contribution in [0.5, 0.6) is 0 Å². The van der Waals surface area contributed by atoms with Gasteiger partial charge in [-0.3, -0.25) is 4.79 Å². The van der Waals surface area contributed by atoms with Gasteiger partial charge in [0.25, 0.3) is 0 Å². The summed E-state index contributed by atoms with van der Waals surface area (Å²) in [5.74, 6) is -13.3. The maximum Gasteiger partial charge on any atom is 0.434 e. The Morgan fingerprint density at radius 1 is 0.977 bits per heavy atom. The van der Waals surface area contributed by atoms with Gasteiger partial charge in [-0.05, 0) is 35.0 Å². The van der Waals surface area contributed by atoms with Crippen LogP contribution in [0.3, 0.4) is 0 Å². The monoisotopic (exact) mass is 703 g/mol. The Morgan fingerprint density at radius 3 is 2.16 bits per heavy atom. The van der Waals surface area contributed by atoms with E-state index in [1.54, 1.807) is 0 Å². The summed E-state index contributed by atoms with van der Waals surface area (Å²) in [6, 6.07) is 3.54. The Morgan fingerprint density at radius 2 is 1.60 bits per heavy atom. The number of alkyl halides is 6. The van der Waals surface area contributed by atoms with Gasteiger partial charge in [-0.25, -0.2) is 32.0 Å². The molecule has 3 aromatic heterocycles. The van der Waals surface area contributed by atoms with Gasteiger partial charge in [0.15, 0.2) is 40.6 Å². The number of hydrogen-bond donors (Lipinski definition) is 0. The molecule has 0 amide bonds. The Balaban J connectivity index is 1.78. The molecule has 1 aromatic carbocycles. The van der Waals surface area contributed by atoms with E-state index in [-0.39, 0.29) is 21.7 Å². The predicted octanol–water partition coefficient (Wildman–Crippen LogP) is 7.95. The van der Waals surface area contributed by atoms with E-state index in [1.807, 2.05) is 0 Å². The molecular formula is C25H12BrF10N3O3S. The van der Waals surface area contributed by atoms with Crippen LogP contribution in [0, 0.1) is 23.3 Å². The molecule has 0 atom stereocenters. The minimum atomic E-state index is -5.78. The van der Waals surface area contributed by atoms with E-state index in [0.29, 0.717) is 10.9 Å². The minimum absolute atomic E-state index is 0.0296. The van der Waals surface area contributed by atoms with Crippen LogP contribution in [0.4, 0.5) is 43.9 Å². The minimum Gasteiger partial charge on any atom is -0.462 e. The highest BCUT2D eigenvalue weighted by Crippen LogP contribution is 2.40. The first-order chi connectivity index (χ1) is 20.0. The first-order valence-corrected chi connectivity index (χ1v) is 13.2. The third kappa shape index (κ3) is 6.02. The molecule has 4 rings (SSSR count). The number of aromatic nitrogens is 3. The third-order valence-electron chi connectivity index (χ3n) is 5.72. The average Bonchev–Trinajstić information content (AvgIpc) is 3.54. The summed E-state index contributed by atoms with van der Waals surface area (Å²) in [6.45, 7) is 1.16. The van der Waals surface area contributed by atoms with Gasteiger partial charge < -0.3 is 4.74 Å². The molecule has 0 fully saturated rings. The van der Waals surface area contributed by atoms with Gasteiger partial charge in [-0.1, -0.05) is 6.07 Å². The summed E-state index contributed by atoms with van der Waals surface area (Å²) in [4.78, 5) is 29.2. The van der Waals surface area contributed by atoms with Gasteiger partial charge in [0.1, 0.15) is 11.1 Å². The molecule has 6 nitrogen and oxygen atoms in total. The van der Waals surface area contributed by atoms with Gasteiger partial charge in [-0.15, -0.1) is 11.3 Å². The van der Waals surface area contributed by atoms with Crippen molar-refractivity contribution in [3.05, 3.63) is 85.5 Å². The SMILES string of the molecule is CCOC(=O)c1cnn(-c2cccc(-c3scc(Br)c3C(=O)Cc3c(F)c(F)c(C(F)(F)F)c(F)c3F)n2)c1C(F)(F)F. The molecule has 0 aliphatic carbocycles. The van der Waals surface area contributed by atoms with Crippen molar-refractivity contribution in [2.75, 3.05) is 6.61 Å². The number of rotatable bonds is 7. The van der Waals surface area contributed by atoms with Crippen molar-refractivity contribution in [1.82, 2.24) is 14.8 Å². The second-order valence-electron chi connectivity index (χ2n) is 8.41. The van der Waals surface area contributed by atoms with E-state index in [4.69, 9.17) is 0 Å². The molecule has 4 aromatic rings. The number of pyridine rings is 1. The predicted molar refractivity (Wildman–Crippen MR) is 133 cm³/mol. The molecule has 0 aliphatic heterocycles. The number of benzene rings is 1. The molecule has 18 heteroatoms. The van der Waals surface area contributed by atoms with E-state index >= 15 is 0 Å². The van der Waals surface area contributed by atoms with Gasteiger partial charge >= 0.3 is 18.3 Å². The van der Waals surface area contributed by atoms with Crippen LogP contribution in [-0.2, 0) is 23.5 Å². The fourth-order valence-corrected chi connectivity index (χ4v) is 5.68. The van der Waals surface area contributed by atoms with Crippen LogP contribution in [-0.4, -0.2) is 33.1 Å². The van der Waals surface area contributed by atoms with Crippen molar-refractivity contribution < 1.29 is 58.2 Å². The van der Waals surface area contributed by atoms with Crippen LogP contribution >= 0.6 is 27.3 Å². The maximum absolute atomic E-state index is 14.5. The number of thiophene rings is 1. The lowest BCUT2D eigenvalue weighted by Gasteiger charge is -2.14. The van der Waals surface area contributed by atoms with Gasteiger partial charge in [0, 0.05) is 21.8 Å². The summed E-state index contributed by atoms with van der Waals surface area (Å²) >= 11 is 3.81. The number of nitrogens with zero attached hydrogens (tertiary/aromatic N) is 3. The molecule has 3 heterocycles. The fourth-order valence-electron chi connectivity index (χ4n) is 3.94. The molecule has 0 N–H and O–H groups in total. The van der Waals surface area contributed by atoms with Crippen LogP contribution in [0.2, 0.25) is 0 Å². The lowest BCUT2D eigenvalue weighted by molar-refractivity contribution is -0.144. The van der Waals surface area contributed by atoms with Crippen molar-refractivity contribution >= 4 is 39.0 Å². The zero-order valence-electron chi connectivity index (χ0n) is 20.9. The van der Waals surface area contributed by atoms with E-state index in [1.165, 1.54) is 24.4 Å². The second-order valence-corrected chi connectivity index (χ2v) is 10.1. The summed E-state index contributed by atoms with van der Waals surface area (Å²) in [5.41, 5.74) is -7.41. The molecule has 228 valence electrons. The molecule has 43 heavy (non-hydrogen) atoms. The van der Waals surface area contributed by atoms with E-state index in [2.05, 4.69) is 30.7 Å². The number of carbonyl (C=O) groups excluding carboxylic acids is 2. The van der Waals surface area contributed by atoms with Crippen LogP contribution in [0.15, 0.2) is 34.2 Å². The average molecular weight is 704 g/mol. The Bertz CT molecular complexity index is 1720. The Hall–Kier alpha value is -3.80. The van der Waals surface area contributed by atoms with Gasteiger partial charge in [-0.2, -0.15) is 31.4 Å². The summed E-state index contributed by atoms with van der Waals surface area (Å²) < 4.78 is 143. The second kappa shape index (κ2) is 11.7. The number of Topliss-reactive ketones (excluding diaryl/α,β-unsaturated/α-hetero) is 1. The Labute approximate surface area is 246 Å². The molecule has 0 unspecified atom stereocenters. The van der Waals surface area contributed by atoms with Crippen LogP contribution in [0.1, 0.15) is 44.5 Å². The fraction of sp³-hybridized carbons (Fsp3) is 0.200. The summed E-state index contributed by atoms with van der Waals surface area (Å²) in [7, 11) is 0. The van der Waals surface area contributed by atoms with Crippen molar-refractivity contribution in [1.29, 1.82) is 0 Å². The number of hydrogen-bond acceptors (Lipinski definition) is 6. The van der Waals surface area contributed by atoms with E-state index in [9.17, 15) is 53.5 Å². The number of esters is 1. The van der Waals surface area contributed by atoms with Gasteiger partial charge in [0.05, 0.1) is 28.9 Å². The number of carbonyl (C=O) groups is 2. The highest BCUT2D eigenvalue weighted by molar-refractivity contribution is 9.10. The third-order valence-corrected chi connectivity index (χ3v) is 7.65. The van der Waals surface area contributed by atoms with Crippen molar-refractivity contribution in [3.8, 4) is 16.4 Å². The number of ether oxygens (including phenoxy) is 1. The number of halogens is 11. The van der Waals surface area contributed by atoms with Crippen molar-refractivity contribution in [2.24, 2.45) is 0 Å². The lowest BCUT2D eigenvalue weighted by Crippen LogP contribution is -2.19. The zero-order chi connectivity index (χ0) is 32.0. The van der Waals surface area contributed by atoms with E-state index in [0.717, 1.165) is 17.4 Å². The highest BCUT2D eigenvalue weighted by Gasteiger charge is 2.43. The molecule has 0 spiro atoms. The Kier molecular flexibility index (Phi) is 8.74. The highest BCUT2D eigenvalue weighted by atomic mass is 79.9. The van der Waals surface area contributed by atoms with Crippen molar-refractivity contribution in [3.63, 3.8) is 0 Å². The molecule has 0 radical (unpaired) electrons. The molecule has 0 saturated heterocycles. The molecule has 0 bridgehead atoms. The summed E-state index contributed by atoms with van der Waals surface area (Å²) in [5, 5.41) is 4.88. The van der Waals surface area contributed by atoms with Crippen LogP contribution < -0.4 is 0 Å². The van der Waals surface area contributed by atoms with Crippen molar-refractivity contribution in [2.45, 2.75) is 25.7 Å². The first-order valence-electron chi connectivity index (χ1n) is 11.5. The molecule has 0 aliphatic rings.